The zero-order valence-electron chi connectivity index (χ0n) is 13.6. The minimum atomic E-state index is -0.372. The fraction of sp³-hybridized carbons (Fsp3) is 0.353. The first-order valence-corrected chi connectivity index (χ1v) is 7.64. The minimum absolute atomic E-state index is 0.0498. The summed E-state index contributed by atoms with van der Waals surface area (Å²) in [4.78, 5) is 12.0. The van der Waals surface area contributed by atoms with Gasteiger partial charge in [0.2, 0.25) is 0 Å². The summed E-state index contributed by atoms with van der Waals surface area (Å²) in [7, 11) is 0. The van der Waals surface area contributed by atoms with E-state index in [1.165, 1.54) is 0 Å². The average Bonchev–Trinajstić information content (AvgIpc) is 3.13. The van der Waals surface area contributed by atoms with Gasteiger partial charge in [-0.25, -0.2) is 0 Å². The van der Waals surface area contributed by atoms with Crippen molar-refractivity contribution in [2.75, 3.05) is 0 Å². The fourth-order valence-electron chi connectivity index (χ4n) is 2.33. The van der Waals surface area contributed by atoms with Crippen LogP contribution in [0.2, 0.25) is 0 Å². The smallest absolute Gasteiger partial charge is 0.309 e. The number of fused-ring (bicyclic) bond motifs is 1. The standard InChI is InChI=1S/C17H19N3O3/c1-5-10(3)18-15(21)17-20-19-16(23-17)14-11(4)12-8-9(2)6-7-13(12)22-14/h6-8,10H,5H2,1-4H3,(H,18,21)/t10-/m0/s1. The van der Waals surface area contributed by atoms with Crippen LogP contribution in [0.25, 0.3) is 22.6 Å². The summed E-state index contributed by atoms with van der Waals surface area (Å²) < 4.78 is 11.3. The number of amides is 1. The van der Waals surface area contributed by atoms with Gasteiger partial charge in [-0.1, -0.05) is 18.6 Å². The van der Waals surface area contributed by atoms with Crippen LogP contribution in [0.5, 0.6) is 0 Å². The molecule has 1 N–H and O–H groups in total. The van der Waals surface area contributed by atoms with Gasteiger partial charge in [0.25, 0.3) is 5.89 Å². The van der Waals surface area contributed by atoms with E-state index in [9.17, 15) is 4.79 Å². The van der Waals surface area contributed by atoms with Crippen molar-refractivity contribution in [3.63, 3.8) is 0 Å². The lowest BCUT2D eigenvalue weighted by Gasteiger charge is -2.08. The minimum Gasteiger partial charge on any atom is -0.451 e. The zero-order valence-corrected chi connectivity index (χ0v) is 13.6. The van der Waals surface area contributed by atoms with Crippen molar-refractivity contribution >= 4 is 16.9 Å². The van der Waals surface area contributed by atoms with Crippen LogP contribution in [-0.4, -0.2) is 22.1 Å². The molecule has 2 aromatic heterocycles. The first kappa shape index (κ1) is 15.3. The Morgan fingerprint density at radius 1 is 1.26 bits per heavy atom. The third-order valence-electron chi connectivity index (χ3n) is 3.90. The third kappa shape index (κ3) is 2.84. The van der Waals surface area contributed by atoms with E-state index in [0.29, 0.717) is 5.76 Å². The van der Waals surface area contributed by atoms with E-state index in [0.717, 1.165) is 28.5 Å². The molecule has 0 bridgehead atoms. The van der Waals surface area contributed by atoms with E-state index >= 15 is 0 Å². The molecule has 0 unspecified atom stereocenters. The molecule has 0 saturated carbocycles. The molecule has 0 saturated heterocycles. The van der Waals surface area contributed by atoms with Crippen LogP contribution in [0.15, 0.2) is 27.0 Å². The second-order valence-electron chi connectivity index (χ2n) is 5.75. The SMILES string of the molecule is CC[C@H](C)NC(=O)c1nnc(-c2oc3ccc(C)cc3c2C)o1. The van der Waals surface area contributed by atoms with Crippen LogP contribution in [0.4, 0.5) is 0 Å². The Morgan fingerprint density at radius 2 is 2.04 bits per heavy atom. The van der Waals surface area contributed by atoms with Gasteiger partial charge in [-0.3, -0.25) is 4.79 Å². The molecule has 1 aromatic carbocycles. The van der Waals surface area contributed by atoms with Crippen molar-refractivity contribution < 1.29 is 13.6 Å². The van der Waals surface area contributed by atoms with Crippen LogP contribution in [0, 0.1) is 13.8 Å². The summed E-state index contributed by atoms with van der Waals surface area (Å²) in [5.74, 6) is 0.283. The number of carbonyl (C=O) groups excluding carboxylic acids is 1. The molecular weight excluding hydrogens is 294 g/mol. The van der Waals surface area contributed by atoms with Crippen LogP contribution >= 0.6 is 0 Å². The molecule has 0 aliphatic carbocycles. The number of carbonyl (C=O) groups is 1. The Kier molecular flexibility index (Phi) is 3.90. The van der Waals surface area contributed by atoms with Crippen molar-refractivity contribution in [3.8, 4) is 11.7 Å². The maximum absolute atomic E-state index is 12.0. The Morgan fingerprint density at radius 3 is 2.78 bits per heavy atom. The summed E-state index contributed by atoms with van der Waals surface area (Å²) in [5.41, 5.74) is 2.82. The summed E-state index contributed by atoms with van der Waals surface area (Å²) in [6.07, 6.45) is 0.828. The summed E-state index contributed by atoms with van der Waals surface area (Å²) in [5, 5.41) is 11.6. The van der Waals surface area contributed by atoms with E-state index in [1.807, 2.05) is 45.9 Å². The second kappa shape index (κ2) is 5.87. The number of rotatable bonds is 4. The highest BCUT2D eigenvalue weighted by atomic mass is 16.4. The molecule has 23 heavy (non-hydrogen) atoms. The summed E-state index contributed by atoms with van der Waals surface area (Å²) >= 11 is 0. The highest BCUT2D eigenvalue weighted by Crippen LogP contribution is 2.32. The van der Waals surface area contributed by atoms with Gasteiger partial charge in [0, 0.05) is 17.0 Å². The predicted octanol–water partition coefficient (Wildman–Crippen LogP) is 3.63. The summed E-state index contributed by atoms with van der Waals surface area (Å²) in [6.45, 7) is 7.87. The fourth-order valence-corrected chi connectivity index (χ4v) is 2.33. The quantitative estimate of drug-likeness (QED) is 0.795. The lowest BCUT2D eigenvalue weighted by Crippen LogP contribution is -2.32. The average molecular weight is 313 g/mol. The molecule has 0 fully saturated rings. The van der Waals surface area contributed by atoms with Crippen molar-refractivity contribution in [1.82, 2.24) is 15.5 Å². The predicted molar refractivity (Wildman–Crippen MR) is 86.2 cm³/mol. The molecule has 1 amide bonds. The Balaban J connectivity index is 1.94. The molecule has 6 nitrogen and oxygen atoms in total. The Labute approximate surface area is 133 Å². The van der Waals surface area contributed by atoms with Crippen molar-refractivity contribution in [2.45, 2.75) is 40.2 Å². The molecule has 0 spiro atoms. The number of aryl methyl sites for hydroxylation is 2. The molecule has 6 heteroatoms. The maximum atomic E-state index is 12.0. The highest BCUT2D eigenvalue weighted by Gasteiger charge is 2.21. The number of furan rings is 1. The van der Waals surface area contributed by atoms with Crippen molar-refractivity contribution in [3.05, 3.63) is 35.2 Å². The van der Waals surface area contributed by atoms with Gasteiger partial charge in [-0.05, 0) is 39.3 Å². The number of benzene rings is 1. The van der Waals surface area contributed by atoms with Gasteiger partial charge in [0.05, 0.1) is 0 Å². The van der Waals surface area contributed by atoms with E-state index < -0.39 is 0 Å². The molecular formula is C17H19N3O3. The molecule has 2 heterocycles. The molecule has 0 aliphatic rings. The number of hydrogen-bond acceptors (Lipinski definition) is 5. The van der Waals surface area contributed by atoms with Gasteiger partial charge >= 0.3 is 11.8 Å². The maximum Gasteiger partial charge on any atom is 0.309 e. The van der Waals surface area contributed by atoms with Crippen molar-refractivity contribution in [1.29, 1.82) is 0 Å². The summed E-state index contributed by atoms with van der Waals surface area (Å²) in [6, 6.07) is 5.99. The molecule has 3 rings (SSSR count). The van der Waals surface area contributed by atoms with Crippen molar-refractivity contribution in [2.24, 2.45) is 0 Å². The van der Waals surface area contributed by atoms with Gasteiger partial charge in [0.15, 0.2) is 5.76 Å². The van der Waals surface area contributed by atoms with Crippen LogP contribution in [0.3, 0.4) is 0 Å². The van der Waals surface area contributed by atoms with Crippen LogP contribution in [-0.2, 0) is 0 Å². The largest absolute Gasteiger partial charge is 0.451 e. The highest BCUT2D eigenvalue weighted by molar-refractivity contribution is 5.90. The van der Waals surface area contributed by atoms with Gasteiger partial charge in [-0.2, -0.15) is 0 Å². The molecule has 3 aromatic rings. The number of nitrogens with one attached hydrogen (secondary N) is 1. The topological polar surface area (TPSA) is 81.2 Å². The van der Waals surface area contributed by atoms with E-state index in [4.69, 9.17) is 8.83 Å². The molecule has 0 radical (unpaired) electrons. The van der Waals surface area contributed by atoms with E-state index in [2.05, 4.69) is 15.5 Å². The second-order valence-corrected chi connectivity index (χ2v) is 5.75. The normalized spacial score (nSPS) is 12.5. The van der Waals surface area contributed by atoms with E-state index in [-0.39, 0.29) is 23.7 Å². The van der Waals surface area contributed by atoms with Crippen LogP contribution in [0.1, 0.15) is 42.1 Å². The number of nitrogens with zero attached hydrogens (tertiary/aromatic N) is 2. The molecule has 120 valence electrons. The van der Waals surface area contributed by atoms with Gasteiger partial charge in [-0.15, -0.1) is 10.2 Å². The number of hydrogen-bond donors (Lipinski definition) is 1. The molecule has 1 atom stereocenters. The first-order chi connectivity index (χ1) is 11.0. The zero-order chi connectivity index (χ0) is 16.6. The Bertz CT molecular complexity index is 863. The van der Waals surface area contributed by atoms with E-state index in [1.54, 1.807) is 0 Å². The third-order valence-corrected chi connectivity index (χ3v) is 3.90. The van der Waals surface area contributed by atoms with Gasteiger partial charge < -0.3 is 14.2 Å². The lowest BCUT2D eigenvalue weighted by molar-refractivity contribution is 0.0904. The lowest BCUT2D eigenvalue weighted by atomic mass is 10.1. The molecule has 0 aliphatic heterocycles. The monoisotopic (exact) mass is 313 g/mol. The Hall–Kier alpha value is -2.63. The van der Waals surface area contributed by atoms with Crippen LogP contribution < -0.4 is 5.32 Å². The van der Waals surface area contributed by atoms with Gasteiger partial charge in [0.1, 0.15) is 5.58 Å². The number of aromatic nitrogens is 2. The first-order valence-electron chi connectivity index (χ1n) is 7.64.